The zero-order valence-electron chi connectivity index (χ0n) is 19.1. The van der Waals surface area contributed by atoms with Crippen LogP contribution in [-0.4, -0.2) is 90.0 Å². The number of rotatable bonds is 5. The Bertz CT molecular complexity index is 908. The maximum atomic E-state index is 13.7. The monoisotopic (exact) mass is 434 g/mol. The maximum Gasteiger partial charge on any atom is 0.227 e. The molecule has 7 nitrogen and oxygen atoms in total. The predicted molar refractivity (Wildman–Crippen MR) is 126 cm³/mol. The summed E-state index contributed by atoms with van der Waals surface area (Å²) in [5, 5.41) is 0. The number of likely N-dealkylation sites (tertiary alicyclic amines) is 1. The summed E-state index contributed by atoms with van der Waals surface area (Å²) in [6.07, 6.45) is 4.28. The molecule has 32 heavy (non-hydrogen) atoms. The topological polar surface area (TPSA) is 55.8 Å². The van der Waals surface area contributed by atoms with Gasteiger partial charge in [-0.2, -0.15) is 0 Å². The molecule has 170 valence electrons. The molecule has 3 fully saturated rings. The lowest BCUT2D eigenvalue weighted by atomic mass is 9.91. The highest BCUT2D eigenvalue weighted by molar-refractivity contribution is 5.80. The van der Waals surface area contributed by atoms with Crippen molar-refractivity contribution in [3.63, 3.8) is 0 Å². The molecule has 0 unspecified atom stereocenters. The van der Waals surface area contributed by atoms with Gasteiger partial charge < -0.3 is 14.7 Å². The quantitative estimate of drug-likeness (QED) is 0.718. The van der Waals surface area contributed by atoms with E-state index in [2.05, 4.69) is 62.0 Å². The SMILES string of the molecule is CN1CCN(C(=O)[C@H]2CN(Cc3ccccc3)C[C@@H]2c2ccnc(N3CCCC3)n2)CC1. The van der Waals surface area contributed by atoms with Crippen molar-refractivity contribution < 1.29 is 4.79 Å². The van der Waals surface area contributed by atoms with Crippen LogP contribution in [0.15, 0.2) is 42.6 Å². The van der Waals surface area contributed by atoms with Gasteiger partial charge in [0.1, 0.15) is 0 Å². The highest BCUT2D eigenvalue weighted by Crippen LogP contribution is 2.35. The van der Waals surface area contributed by atoms with Gasteiger partial charge in [0.25, 0.3) is 0 Å². The highest BCUT2D eigenvalue weighted by Gasteiger charge is 2.41. The molecule has 3 saturated heterocycles. The van der Waals surface area contributed by atoms with Crippen molar-refractivity contribution in [1.29, 1.82) is 0 Å². The average molecular weight is 435 g/mol. The molecular weight excluding hydrogens is 400 g/mol. The summed E-state index contributed by atoms with van der Waals surface area (Å²) in [5.74, 6) is 1.17. The maximum absolute atomic E-state index is 13.7. The van der Waals surface area contributed by atoms with Gasteiger partial charge in [0, 0.05) is 71.0 Å². The van der Waals surface area contributed by atoms with Crippen molar-refractivity contribution >= 4 is 11.9 Å². The van der Waals surface area contributed by atoms with E-state index < -0.39 is 0 Å². The van der Waals surface area contributed by atoms with E-state index in [1.54, 1.807) is 0 Å². The molecule has 3 aliphatic rings. The Hall–Kier alpha value is -2.51. The van der Waals surface area contributed by atoms with Crippen LogP contribution in [0.4, 0.5) is 5.95 Å². The first-order chi connectivity index (χ1) is 15.7. The number of carbonyl (C=O) groups excluding carboxylic acids is 1. The molecule has 2 aromatic rings. The lowest BCUT2D eigenvalue weighted by Gasteiger charge is -2.35. The van der Waals surface area contributed by atoms with E-state index in [1.807, 2.05) is 12.3 Å². The second-order valence-corrected chi connectivity index (χ2v) is 9.50. The molecule has 3 aliphatic heterocycles. The van der Waals surface area contributed by atoms with Crippen LogP contribution >= 0.6 is 0 Å². The minimum atomic E-state index is -0.0524. The molecule has 1 amide bonds. The number of likely N-dealkylation sites (N-methyl/N-ethyl adjacent to an activating group) is 1. The van der Waals surface area contributed by atoms with E-state index in [4.69, 9.17) is 4.98 Å². The van der Waals surface area contributed by atoms with Gasteiger partial charge in [-0.1, -0.05) is 30.3 Å². The number of piperazine rings is 1. The van der Waals surface area contributed by atoms with Gasteiger partial charge in [0.05, 0.1) is 11.6 Å². The average Bonchev–Trinajstić information content (AvgIpc) is 3.51. The minimum Gasteiger partial charge on any atom is -0.341 e. The van der Waals surface area contributed by atoms with Crippen molar-refractivity contribution in [1.82, 2.24) is 24.7 Å². The third kappa shape index (κ3) is 4.64. The first-order valence-electron chi connectivity index (χ1n) is 12.0. The Balaban J connectivity index is 1.38. The van der Waals surface area contributed by atoms with Gasteiger partial charge in [-0.15, -0.1) is 0 Å². The molecule has 0 spiro atoms. The van der Waals surface area contributed by atoms with Crippen LogP contribution < -0.4 is 4.90 Å². The summed E-state index contributed by atoms with van der Waals surface area (Å²) in [7, 11) is 2.13. The number of nitrogens with zero attached hydrogens (tertiary/aromatic N) is 6. The van der Waals surface area contributed by atoms with Crippen LogP contribution in [0.25, 0.3) is 0 Å². The fourth-order valence-electron chi connectivity index (χ4n) is 5.31. The Morgan fingerprint density at radius 3 is 2.47 bits per heavy atom. The number of hydrogen-bond donors (Lipinski definition) is 0. The van der Waals surface area contributed by atoms with E-state index >= 15 is 0 Å². The van der Waals surface area contributed by atoms with Crippen LogP contribution in [0.1, 0.15) is 30.0 Å². The normalized spacial score (nSPS) is 24.9. The van der Waals surface area contributed by atoms with E-state index in [-0.39, 0.29) is 11.8 Å². The van der Waals surface area contributed by atoms with E-state index in [0.717, 1.165) is 70.5 Å². The Morgan fingerprint density at radius 1 is 0.969 bits per heavy atom. The molecule has 2 atom stereocenters. The number of benzene rings is 1. The molecule has 5 rings (SSSR count). The van der Waals surface area contributed by atoms with Crippen LogP contribution in [0, 0.1) is 5.92 Å². The van der Waals surface area contributed by atoms with Gasteiger partial charge in [-0.3, -0.25) is 9.69 Å². The van der Waals surface area contributed by atoms with Crippen molar-refractivity contribution in [2.75, 3.05) is 64.3 Å². The molecule has 0 N–H and O–H groups in total. The summed E-state index contributed by atoms with van der Waals surface area (Å²) in [4.78, 5) is 32.3. The second-order valence-electron chi connectivity index (χ2n) is 9.50. The van der Waals surface area contributed by atoms with Crippen molar-refractivity contribution in [3.05, 3.63) is 53.9 Å². The third-order valence-corrected chi connectivity index (χ3v) is 7.21. The van der Waals surface area contributed by atoms with Crippen LogP contribution in [0.3, 0.4) is 0 Å². The Labute approximate surface area is 191 Å². The number of aromatic nitrogens is 2. The third-order valence-electron chi connectivity index (χ3n) is 7.21. The molecule has 0 radical (unpaired) electrons. The fraction of sp³-hybridized carbons (Fsp3) is 0.560. The summed E-state index contributed by atoms with van der Waals surface area (Å²) in [6, 6.07) is 12.6. The van der Waals surface area contributed by atoms with Gasteiger partial charge >= 0.3 is 0 Å². The van der Waals surface area contributed by atoms with Crippen molar-refractivity contribution in [3.8, 4) is 0 Å². The molecule has 0 aliphatic carbocycles. The smallest absolute Gasteiger partial charge is 0.227 e. The number of anilines is 1. The zero-order valence-corrected chi connectivity index (χ0v) is 19.1. The second kappa shape index (κ2) is 9.55. The Morgan fingerprint density at radius 2 is 1.72 bits per heavy atom. The first kappa shape index (κ1) is 21.3. The van der Waals surface area contributed by atoms with E-state index in [1.165, 1.54) is 18.4 Å². The standard InChI is InChI=1S/C25H34N6O/c1-28-13-15-30(16-14-28)24(32)22-19-29(17-20-7-3-2-4-8-20)18-21(22)23-9-10-26-25(27-23)31-11-5-6-12-31/h2-4,7-10,21-22H,5-6,11-19H2,1H3/t21-,22-/m0/s1. The minimum absolute atomic E-state index is 0.0524. The zero-order chi connectivity index (χ0) is 21.9. The largest absolute Gasteiger partial charge is 0.341 e. The van der Waals surface area contributed by atoms with Gasteiger partial charge in [-0.05, 0) is 31.5 Å². The van der Waals surface area contributed by atoms with Crippen molar-refractivity contribution in [2.24, 2.45) is 5.92 Å². The summed E-state index contributed by atoms with van der Waals surface area (Å²) < 4.78 is 0. The van der Waals surface area contributed by atoms with Gasteiger partial charge in [-0.25, -0.2) is 9.97 Å². The molecule has 1 aromatic carbocycles. The lowest BCUT2D eigenvalue weighted by Crippen LogP contribution is -2.50. The summed E-state index contributed by atoms with van der Waals surface area (Å²) in [6.45, 7) is 8.10. The summed E-state index contributed by atoms with van der Waals surface area (Å²) in [5.41, 5.74) is 2.31. The highest BCUT2D eigenvalue weighted by atomic mass is 16.2. The van der Waals surface area contributed by atoms with Crippen LogP contribution in [0.2, 0.25) is 0 Å². The first-order valence-corrected chi connectivity index (χ1v) is 12.0. The molecule has 7 heteroatoms. The predicted octanol–water partition coefficient (Wildman–Crippen LogP) is 2.07. The molecule has 0 saturated carbocycles. The van der Waals surface area contributed by atoms with Crippen LogP contribution in [0.5, 0.6) is 0 Å². The van der Waals surface area contributed by atoms with Gasteiger partial charge in [0.2, 0.25) is 11.9 Å². The fourth-order valence-corrected chi connectivity index (χ4v) is 5.31. The van der Waals surface area contributed by atoms with Crippen molar-refractivity contribution in [2.45, 2.75) is 25.3 Å². The molecule has 0 bridgehead atoms. The summed E-state index contributed by atoms with van der Waals surface area (Å²) >= 11 is 0. The van der Waals surface area contributed by atoms with Gasteiger partial charge in [0.15, 0.2) is 0 Å². The number of hydrogen-bond acceptors (Lipinski definition) is 6. The number of amides is 1. The van der Waals surface area contributed by atoms with Crippen LogP contribution in [-0.2, 0) is 11.3 Å². The number of carbonyl (C=O) groups is 1. The lowest BCUT2D eigenvalue weighted by molar-refractivity contribution is -0.137. The van der Waals surface area contributed by atoms with E-state index in [0.29, 0.717) is 5.91 Å². The molecular formula is C25H34N6O. The molecule has 1 aromatic heterocycles. The van der Waals surface area contributed by atoms with E-state index in [9.17, 15) is 4.79 Å². The molecule has 4 heterocycles. The Kier molecular flexibility index (Phi) is 6.37.